The van der Waals surface area contributed by atoms with Gasteiger partial charge in [0.05, 0.1) is 13.2 Å². The van der Waals surface area contributed by atoms with Crippen molar-refractivity contribution in [2.45, 2.75) is 45.3 Å². The molecular formula is C13H23NO5. The first-order chi connectivity index (χ1) is 9.15. The van der Waals surface area contributed by atoms with Gasteiger partial charge < -0.3 is 25.0 Å². The van der Waals surface area contributed by atoms with Crippen molar-refractivity contribution in [1.29, 1.82) is 0 Å². The van der Waals surface area contributed by atoms with E-state index in [1.165, 1.54) is 0 Å². The van der Waals surface area contributed by atoms with Gasteiger partial charge in [-0.1, -0.05) is 20.3 Å². The second-order valence-corrected chi connectivity index (χ2v) is 4.45. The Kier molecular flexibility index (Phi) is 6.66. The highest BCUT2D eigenvalue weighted by molar-refractivity contribution is 5.90. The molecule has 0 fully saturated rings. The number of hydrogen-bond donors (Lipinski definition) is 3. The van der Waals surface area contributed by atoms with Crippen LogP contribution in [0.4, 0.5) is 0 Å². The Labute approximate surface area is 113 Å². The maximum Gasteiger partial charge on any atom is 0.376 e. The Morgan fingerprint density at radius 2 is 2.16 bits per heavy atom. The van der Waals surface area contributed by atoms with E-state index in [1.54, 1.807) is 0 Å². The van der Waals surface area contributed by atoms with Crippen molar-refractivity contribution in [3.63, 3.8) is 0 Å². The molecule has 0 saturated heterocycles. The Hall–Kier alpha value is -1.27. The molecule has 2 atom stereocenters. The van der Waals surface area contributed by atoms with Crippen molar-refractivity contribution < 1.29 is 24.5 Å². The largest absolute Gasteiger partial charge is 0.485 e. The summed E-state index contributed by atoms with van der Waals surface area (Å²) in [4.78, 5) is 11.7. The van der Waals surface area contributed by atoms with Gasteiger partial charge in [0.2, 0.25) is 5.76 Å². The first kappa shape index (κ1) is 15.8. The van der Waals surface area contributed by atoms with Crippen molar-refractivity contribution in [3.05, 3.63) is 11.5 Å². The van der Waals surface area contributed by atoms with E-state index >= 15 is 0 Å². The standard InChI is InChI=1S/C13H23NO5/c1-3-5-7-18-12-10(14-6-4-2)11(9(16)8-15)19-13(12)17/h9,11,14-16H,3-8H2,1-2H3/t9-,11+/m0/s1. The molecule has 0 bridgehead atoms. The van der Waals surface area contributed by atoms with Gasteiger partial charge in [0, 0.05) is 6.54 Å². The Morgan fingerprint density at radius 1 is 1.42 bits per heavy atom. The third kappa shape index (κ3) is 4.11. The van der Waals surface area contributed by atoms with Gasteiger partial charge in [-0.25, -0.2) is 4.79 Å². The first-order valence-electron chi connectivity index (χ1n) is 6.76. The summed E-state index contributed by atoms with van der Waals surface area (Å²) in [5.41, 5.74) is 0.435. The number of aliphatic hydroxyl groups excluding tert-OH is 2. The third-order valence-corrected chi connectivity index (χ3v) is 2.79. The molecule has 0 aromatic rings. The molecule has 6 nitrogen and oxygen atoms in total. The fourth-order valence-electron chi connectivity index (χ4n) is 1.73. The fraction of sp³-hybridized carbons (Fsp3) is 0.769. The number of hydrogen-bond acceptors (Lipinski definition) is 6. The Balaban J connectivity index is 2.82. The SMILES string of the molecule is CCCCOC1=C(NCCC)[C@@H]([C@@H](O)CO)OC1=O. The van der Waals surface area contributed by atoms with Gasteiger partial charge >= 0.3 is 5.97 Å². The van der Waals surface area contributed by atoms with E-state index in [4.69, 9.17) is 14.6 Å². The monoisotopic (exact) mass is 273 g/mol. The molecule has 0 spiro atoms. The lowest BCUT2D eigenvalue weighted by molar-refractivity contribution is -0.147. The van der Waals surface area contributed by atoms with Crippen LogP contribution >= 0.6 is 0 Å². The highest BCUT2D eigenvalue weighted by Crippen LogP contribution is 2.24. The summed E-state index contributed by atoms with van der Waals surface area (Å²) < 4.78 is 10.5. The molecule has 0 radical (unpaired) electrons. The van der Waals surface area contributed by atoms with Crippen LogP contribution in [0.3, 0.4) is 0 Å². The normalized spacial score (nSPS) is 20.4. The van der Waals surface area contributed by atoms with Crippen LogP contribution in [0, 0.1) is 0 Å². The van der Waals surface area contributed by atoms with Gasteiger partial charge in [-0.3, -0.25) is 0 Å². The number of ether oxygens (including phenoxy) is 2. The maximum atomic E-state index is 11.7. The van der Waals surface area contributed by atoms with Crippen LogP contribution in [0.1, 0.15) is 33.1 Å². The summed E-state index contributed by atoms with van der Waals surface area (Å²) in [6.07, 6.45) is 0.645. The Bertz CT molecular complexity index is 329. The molecule has 1 heterocycles. The topological polar surface area (TPSA) is 88.0 Å². The van der Waals surface area contributed by atoms with E-state index in [9.17, 15) is 9.90 Å². The lowest BCUT2D eigenvalue weighted by atomic mass is 10.1. The van der Waals surface area contributed by atoms with Crippen molar-refractivity contribution in [1.82, 2.24) is 5.32 Å². The van der Waals surface area contributed by atoms with Crippen LogP contribution in [0.25, 0.3) is 0 Å². The molecule has 0 aliphatic carbocycles. The van der Waals surface area contributed by atoms with Crippen molar-refractivity contribution in [2.75, 3.05) is 19.8 Å². The maximum absolute atomic E-state index is 11.7. The summed E-state index contributed by atoms with van der Waals surface area (Å²) in [5.74, 6) is -0.466. The average molecular weight is 273 g/mol. The number of carbonyl (C=O) groups is 1. The third-order valence-electron chi connectivity index (χ3n) is 2.79. The van der Waals surface area contributed by atoms with E-state index in [0.29, 0.717) is 18.8 Å². The second-order valence-electron chi connectivity index (χ2n) is 4.45. The van der Waals surface area contributed by atoms with Crippen molar-refractivity contribution >= 4 is 5.97 Å². The summed E-state index contributed by atoms with van der Waals surface area (Å²) in [6.45, 7) is 4.61. The minimum atomic E-state index is -1.14. The van der Waals surface area contributed by atoms with E-state index in [0.717, 1.165) is 19.3 Å². The lowest BCUT2D eigenvalue weighted by Gasteiger charge is -2.19. The van der Waals surface area contributed by atoms with Crippen LogP contribution in [0.15, 0.2) is 11.5 Å². The summed E-state index contributed by atoms with van der Waals surface area (Å²) >= 11 is 0. The predicted molar refractivity (Wildman–Crippen MR) is 69.2 cm³/mol. The number of nitrogens with one attached hydrogen (secondary N) is 1. The van der Waals surface area contributed by atoms with Crippen LogP contribution in [0.5, 0.6) is 0 Å². The predicted octanol–water partition coefficient (Wildman–Crippen LogP) is 0.293. The molecule has 0 amide bonds. The van der Waals surface area contributed by atoms with Gasteiger partial charge in [0.15, 0.2) is 6.10 Å². The number of rotatable bonds is 9. The molecule has 1 aliphatic rings. The number of aliphatic hydroxyl groups is 2. The van der Waals surface area contributed by atoms with E-state index in [2.05, 4.69) is 5.32 Å². The fourth-order valence-corrected chi connectivity index (χ4v) is 1.73. The van der Waals surface area contributed by atoms with Crippen LogP contribution < -0.4 is 5.32 Å². The molecule has 110 valence electrons. The summed E-state index contributed by atoms with van der Waals surface area (Å²) in [6, 6.07) is 0. The van der Waals surface area contributed by atoms with E-state index in [-0.39, 0.29) is 5.76 Å². The molecule has 1 aliphatic heterocycles. The quantitative estimate of drug-likeness (QED) is 0.413. The molecule has 0 saturated carbocycles. The Morgan fingerprint density at radius 3 is 2.74 bits per heavy atom. The van der Waals surface area contributed by atoms with Gasteiger partial charge in [0.25, 0.3) is 0 Å². The number of cyclic esters (lactones) is 1. The molecule has 0 aromatic carbocycles. The molecule has 0 unspecified atom stereocenters. The highest BCUT2D eigenvalue weighted by Gasteiger charge is 2.39. The van der Waals surface area contributed by atoms with Gasteiger partial charge in [-0.2, -0.15) is 0 Å². The molecular weight excluding hydrogens is 250 g/mol. The first-order valence-corrected chi connectivity index (χ1v) is 6.76. The second kappa shape index (κ2) is 8.01. The van der Waals surface area contributed by atoms with E-state index < -0.39 is 24.8 Å². The van der Waals surface area contributed by atoms with Crippen LogP contribution in [-0.4, -0.2) is 48.1 Å². The smallest absolute Gasteiger partial charge is 0.376 e. The number of esters is 1. The minimum Gasteiger partial charge on any atom is -0.485 e. The summed E-state index contributed by atoms with van der Waals surface area (Å²) in [7, 11) is 0. The van der Waals surface area contributed by atoms with Crippen LogP contribution in [-0.2, 0) is 14.3 Å². The molecule has 19 heavy (non-hydrogen) atoms. The molecule has 3 N–H and O–H groups in total. The van der Waals surface area contributed by atoms with Crippen molar-refractivity contribution in [3.8, 4) is 0 Å². The van der Waals surface area contributed by atoms with Gasteiger partial charge in [-0.05, 0) is 12.8 Å². The molecule has 1 rings (SSSR count). The minimum absolute atomic E-state index is 0.124. The lowest BCUT2D eigenvalue weighted by Crippen LogP contribution is -2.36. The number of carbonyl (C=O) groups excluding carboxylic acids is 1. The zero-order chi connectivity index (χ0) is 14.3. The average Bonchev–Trinajstić information content (AvgIpc) is 2.73. The zero-order valence-electron chi connectivity index (χ0n) is 11.5. The van der Waals surface area contributed by atoms with E-state index in [1.807, 2.05) is 13.8 Å². The van der Waals surface area contributed by atoms with Crippen molar-refractivity contribution in [2.24, 2.45) is 0 Å². The van der Waals surface area contributed by atoms with Gasteiger partial charge in [0.1, 0.15) is 11.8 Å². The molecule has 6 heteroatoms. The molecule has 0 aromatic heterocycles. The van der Waals surface area contributed by atoms with Gasteiger partial charge in [-0.15, -0.1) is 0 Å². The highest BCUT2D eigenvalue weighted by atomic mass is 16.6. The van der Waals surface area contributed by atoms with Crippen LogP contribution in [0.2, 0.25) is 0 Å². The number of unbranched alkanes of at least 4 members (excludes halogenated alkanes) is 1. The summed E-state index contributed by atoms with van der Waals surface area (Å²) in [5, 5.41) is 21.7. The zero-order valence-corrected chi connectivity index (χ0v) is 11.5.